The maximum atomic E-state index is 7.19. The second kappa shape index (κ2) is 13.3. The third-order valence-electron chi connectivity index (χ3n) is 17.1. The van der Waals surface area contributed by atoms with Gasteiger partial charge in [-0.05, 0) is 134 Å². The van der Waals surface area contributed by atoms with Crippen molar-refractivity contribution in [2.45, 2.75) is 104 Å². The van der Waals surface area contributed by atoms with E-state index in [1.807, 2.05) is 22.7 Å². The molecule has 8 aromatic carbocycles. The van der Waals surface area contributed by atoms with Crippen molar-refractivity contribution < 1.29 is 4.42 Å². The van der Waals surface area contributed by atoms with Gasteiger partial charge in [-0.2, -0.15) is 0 Å². The summed E-state index contributed by atoms with van der Waals surface area (Å²) in [5.41, 5.74) is 19.3. The van der Waals surface area contributed by atoms with E-state index in [9.17, 15) is 0 Å². The number of fused-ring (bicyclic) bond motifs is 20. The lowest BCUT2D eigenvalue weighted by atomic mass is 9.43. The van der Waals surface area contributed by atoms with E-state index < -0.39 is 0 Å². The highest BCUT2D eigenvalue weighted by Crippen LogP contribution is 2.55. The minimum Gasteiger partial charge on any atom is -0.456 e. The van der Waals surface area contributed by atoms with Crippen LogP contribution in [0.5, 0.6) is 0 Å². The van der Waals surface area contributed by atoms with Gasteiger partial charge in [0.25, 0.3) is 0 Å². The van der Waals surface area contributed by atoms with Gasteiger partial charge >= 0.3 is 6.85 Å². The van der Waals surface area contributed by atoms with E-state index in [0.29, 0.717) is 0 Å². The fourth-order valence-electron chi connectivity index (χ4n) is 13.2. The normalized spacial score (nSPS) is 16.2. The van der Waals surface area contributed by atoms with E-state index in [2.05, 4.69) is 206 Å². The van der Waals surface area contributed by atoms with Crippen LogP contribution in [0.2, 0.25) is 0 Å². The number of aromatic nitrogens is 1. The Hall–Kier alpha value is -6.34. The van der Waals surface area contributed by atoms with E-state index in [0.717, 1.165) is 17.6 Å². The number of benzene rings is 8. The minimum absolute atomic E-state index is 0.0170. The molecule has 3 aliphatic rings. The highest BCUT2D eigenvalue weighted by Gasteiger charge is 2.47. The summed E-state index contributed by atoms with van der Waals surface area (Å²) in [6.45, 7) is 23.6. The number of hydrogen-bond acceptors (Lipinski definition) is 4. The van der Waals surface area contributed by atoms with Crippen molar-refractivity contribution in [3.8, 4) is 16.8 Å². The lowest BCUT2D eigenvalue weighted by Gasteiger charge is -2.42. The van der Waals surface area contributed by atoms with Gasteiger partial charge in [0, 0.05) is 90.1 Å². The second-order valence-corrected chi connectivity index (χ2v) is 26.5. The molecule has 0 bridgehead atoms. The Morgan fingerprint density at radius 3 is 1.91 bits per heavy atom. The van der Waals surface area contributed by atoms with E-state index in [1.165, 1.54) is 141 Å². The first-order chi connectivity index (χ1) is 33.4. The standard InChI is InChI=1S/C64H55BN2OS2/c1-61(2,3)34-19-22-36(23-20-34)67-48-30-40-39-28-44-45(64(9,10)26-25-63(44,7)8)32-51(39)68-50(40)31-43(48)57-58-59-55(56-38-16-12-14-18-53(38)70-60(56)57)42-27-35(62(4,5)6)21-24-47(42)66(59)49-33-54-41(29-46(49)65(58)67)37-15-11-13-17-52(37)69-54/h11-24,27-33H,25-26H2,1-10H3. The molecular formula is C64H55BN2OS2. The zero-order valence-corrected chi connectivity index (χ0v) is 43.4. The van der Waals surface area contributed by atoms with Crippen LogP contribution in [0.3, 0.4) is 0 Å². The van der Waals surface area contributed by atoms with E-state index in [4.69, 9.17) is 4.42 Å². The van der Waals surface area contributed by atoms with Gasteiger partial charge in [0.2, 0.25) is 0 Å². The zero-order chi connectivity index (χ0) is 47.7. The molecular weight excluding hydrogens is 888 g/mol. The molecule has 2 aliphatic heterocycles. The molecule has 0 saturated heterocycles. The van der Waals surface area contributed by atoms with Crippen molar-refractivity contribution in [1.82, 2.24) is 4.57 Å². The number of thiophene rings is 2. The fourth-order valence-corrected chi connectivity index (χ4v) is 15.6. The third kappa shape index (κ3) is 5.37. The average molecular weight is 943 g/mol. The fraction of sp³-hybridized carbons (Fsp3) is 0.250. The summed E-state index contributed by atoms with van der Waals surface area (Å²) in [6.07, 6.45) is 2.33. The van der Waals surface area contributed by atoms with Gasteiger partial charge in [-0.25, -0.2) is 0 Å². The lowest BCUT2D eigenvalue weighted by Crippen LogP contribution is -2.60. The molecule has 70 heavy (non-hydrogen) atoms. The largest absolute Gasteiger partial charge is 0.456 e. The van der Waals surface area contributed by atoms with Crippen molar-refractivity contribution in [3.63, 3.8) is 0 Å². The summed E-state index contributed by atoms with van der Waals surface area (Å²) in [7, 11) is 0. The molecule has 0 radical (unpaired) electrons. The Labute approximate surface area is 417 Å². The Balaban J connectivity index is 1.16. The predicted molar refractivity (Wildman–Crippen MR) is 306 cm³/mol. The van der Waals surface area contributed by atoms with Crippen LogP contribution in [0, 0.1) is 0 Å². The van der Waals surface area contributed by atoms with E-state index >= 15 is 0 Å². The first-order valence-corrected chi connectivity index (χ1v) is 26.9. The van der Waals surface area contributed by atoms with Gasteiger partial charge in [0.15, 0.2) is 0 Å². The summed E-state index contributed by atoms with van der Waals surface area (Å²) in [5, 5.41) is 10.4. The van der Waals surface area contributed by atoms with Gasteiger partial charge in [-0.15, -0.1) is 22.7 Å². The number of hydrogen-bond donors (Lipinski definition) is 0. The van der Waals surface area contributed by atoms with Crippen LogP contribution in [0.25, 0.3) is 101 Å². The molecule has 0 saturated carbocycles. The first-order valence-electron chi connectivity index (χ1n) is 25.3. The van der Waals surface area contributed by atoms with Crippen LogP contribution in [-0.2, 0) is 21.7 Å². The van der Waals surface area contributed by atoms with Gasteiger partial charge in [-0.3, -0.25) is 0 Å². The maximum Gasteiger partial charge on any atom is 0.333 e. The molecule has 0 spiro atoms. The topological polar surface area (TPSA) is 21.3 Å². The highest BCUT2D eigenvalue weighted by molar-refractivity contribution is 7.27. The molecule has 0 fully saturated rings. The predicted octanol–water partition coefficient (Wildman–Crippen LogP) is 17.6. The molecule has 0 N–H and O–H groups in total. The van der Waals surface area contributed by atoms with Gasteiger partial charge in [-0.1, -0.05) is 130 Å². The summed E-state index contributed by atoms with van der Waals surface area (Å²) >= 11 is 3.88. The molecule has 15 rings (SSSR count). The van der Waals surface area contributed by atoms with Crippen LogP contribution < -0.4 is 15.7 Å². The highest BCUT2D eigenvalue weighted by atomic mass is 32.1. The molecule has 4 aromatic heterocycles. The van der Waals surface area contributed by atoms with Gasteiger partial charge in [0.1, 0.15) is 11.2 Å². The summed E-state index contributed by atoms with van der Waals surface area (Å²) in [6, 6.07) is 50.1. The van der Waals surface area contributed by atoms with Crippen LogP contribution in [0.15, 0.2) is 132 Å². The smallest absolute Gasteiger partial charge is 0.333 e. The molecule has 0 atom stereocenters. The van der Waals surface area contributed by atoms with Crippen LogP contribution >= 0.6 is 22.7 Å². The molecule has 12 aromatic rings. The molecule has 6 heterocycles. The summed E-state index contributed by atoms with van der Waals surface area (Å²) < 4.78 is 15.2. The van der Waals surface area contributed by atoms with E-state index in [1.54, 1.807) is 0 Å². The zero-order valence-electron chi connectivity index (χ0n) is 41.7. The number of nitrogens with zero attached hydrogens (tertiary/aromatic N) is 2. The number of furan rings is 1. The molecule has 342 valence electrons. The van der Waals surface area contributed by atoms with Gasteiger partial charge < -0.3 is 13.8 Å². The Bertz CT molecular complexity index is 4330. The van der Waals surface area contributed by atoms with Crippen molar-refractivity contribution in [2.24, 2.45) is 0 Å². The monoisotopic (exact) mass is 942 g/mol. The van der Waals surface area contributed by atoms with Crippen LogP contribution in [0.1, 0.15) is 104 Å². The quantitative estimate of drug-likeness (QED) is 0.153. The first kappa shape index (κ1) is 41.4. The molecule has 0 unspecified atom stereocenters. The summed E-state index contributed by atoms with van der Waals surface area (Å²) in [4.78, 5) is 2.73. The molecule has 0 amide bonds. The molecule has 3 nitrogen and oxygen atoms in total. The molecule has 1 aliphatic carbocycles. The Kier molecular flexibility index (Phi) is 7.90. The van der Waals surface area contributed by atoms with Crippen LogP contribution in [-0.4, -0.2) is 11.4 Å². The average Bonchev–Trinajstić information content (AvgIpc) is 4.09. The maximum absolute atomic E-state index is 7.19. The van der Waals surface area contributed by atoms with Gasteiger partial charge in [0.05, 0.1) is 11.0 Å². The van der Waals surface area contributed by atoms with Crippen molar-refractivity contribution in [2.75, 3.05) is 4.81 Å². The number of rotatable bonds is 1. The SMILES string of the molecule is CC(C)(C)c1ccc(N2B3c4cc5c(cc4-n4c6ccc(C(C)(C)C)cc6c6c7c(sc8ccccc87)c(c3c64)-c3cc4oc6cc7c(cc6c4cc32)C(C)(C)CCC7(C)C)sc2ccccc25)cc1. The van der Waals surface area contributed by atoms with Crippen LogP contribution in [0.4, 0.5) is 11.4 Å². The lowest BCUT2D eigenvalue weighted by molar-refractivity contribution is 0.332. The number of anilines is 2. The second-order valence-electron chi connectivity index (χ2n) is 24.3. The minimum atomic E-state index is -0.125. The summed E-state index contributed by atoms with van der Waals surface area (Å²) in [5.74, 6) is 0. The third-order valence-corrected chi connectivity index (χ3v) is 19.4. The Morgan fingerprint density at radius 2 is 1.19 bits per heavy atom. The van der Waals surface area contributed by atoms with E-state index in [-0.39, 0.29) is 28.5 Å². The molecule has 6 heteroatoms. The van der Waals surface area contributed by atoms with Crippen molar-refractivity contribution in [3.05, 3.63) is 150 Å². The van der Waals surface area contributed by atoms with Crippen molar-refractivity contribution in [1.29, 1.82) is 0 Å². The van der Waals surface area contributed by atoms with Crippen molar-refractivity contribution >= 4 is 136 Å². The Morgan fingerprint density at radius 1 is 0.543 bits per heavy atom.